The molecule has 0 fully saturated rings. The van der Waals surface area contributed by atoms with E-state index in [9.17, 15) is 9.59 Å². The van der Waals surface area contributed by atoms with Gasteiger partial charge in [0, 0.05) is 6.92 Å². The lowest BCUT2D eigenvalue weighted by molar-refractivity contribution is -0.141. The summed E-state index contributed by atoms with van der Waals surface area (Å²) in [6.07, 6.45) is 12.8. The van der Waals surface area contributed by atoms with Crippen LogP contribution in [0.4, 0.5) is 0 Å². The van der Waals surface area contributed by atoms with Crippen molar-refractivity contribution in [3.8, 4) is 0 Å². The van der Waals surface area contributed by atoms with Crippen molar-refractivity contribution in [3.05, 3.63) is 0 Å². The molecule has 1 atom stereocenters. The van der Waals surface area contributed by atoms with E-state index in [1.165, 1.54) is 58.3 Å². The smallest absolute Gasteiger partial charge is 0.326 e. The number of aliphatic carboxylic acids is 1. The van der Waals surface area contributed by atoms with E-state index in [0.717, 1.165) is 12.8 Å². The van der Waals surface area contributed by atoms with Gasteiger partial charge in [-0.15, -0.1) is 0 Å². The number of rotatable bonds is 13. The fourth-order valence-electron chi connectivity index (χ4n) is 2.34. The SMILES string of the molecule is CCCCCCCCCCCC[C@@H](NC(C)=O)C(=O)O. The Morgan fingerprint density at radius 1 is 0.900 bits per heavy atom. The topological polar surface area (TPSA) is 66.4 Å². The Morgan fingerprint density at radius 3 is 1.75 bits per heavy atom. The van der Waals surface area contributed by atoms with Gasteiger partial charge in [0.25, 0.3) is 0 Å². The minimum Gasteiger partial charge on any atom is -0.480 e. The number of amides is 1. The van der Waals surface area contributed by atoms with Crippen molar-refractivity contribution in [2.45, 2.75) is 90.5 Å². The Balaban J connectivity index is 3.41. The molecule has 0 radical (unpaired) electrons. The first-order chi connectivity index (χ1) is 9.57. The second kappa shape index (κ2) is 12.9. The Bertz CT molecular complexity index is 266. The van der Waals surface area contributed by atoms with Gasteiger partial charge in [-0.05, 0) is 6.42 Å². The van der Waals surface area contributed by atoms with E-state index < -0.39 is 12.0 Å². The summed E-state index contributed by atoms with van der Waals surface area (Å²) >= 11 is 0. The molecule has 0 aliphatic carbocycles. The maximum atomic E-state index is 10.9. The fraction of sp³-hybridized carbons (Fsp3) is 0.875. The molecule has 0 spiro atoms. The third-order valence-corrected chi connectivity index (χ3v) is 3.52. The lowest BCUT2D eigenvalue weighted by atomic mass is 10.0. The molecule has 0 unspecified atom stereocenters. The van der Waals surface area contributed by atoms with E-state index in [1.807, 2.05) is 0 Å². The van der Waals surface area contributed by atoms with E-state index in [-0.39, 0.29) is 5.91 Å². The molecule has 0 aliphatic rings. The first-order valence-corrected chi connectivity index (χ1v) is 8.07. The zero-order chi connectivity index (χ0) is 15.2. The van der Waals surface area contributed by atoms with Crippen LogP contribution in [0, 0.1) is 0 Å². The molecular formula is C16H31NO3. The average molecular weight is 285 g/mol. The number of unbranched alkanes of at least 4 members (excludes halogenated alkanes) is 9. The standard InChI is InChI=1S/C16H31NO3/c1-3-4-5-6-7-8-9-10-11-12-13-15(16(19)20)17-14(2)18/h15H,3-13H2,1-2H3,(H,17,18)(H,19,20)/t15-/m1/s1. The van der Waals surface area contributed by atoms with E-state index in [1.54, 1.807) is 0 Å². The molecule has 0 aliphatic heterocycles. The minimum absolute atomic E-state index is 0.274. The molecule has 0 aromatic rings. The minimum atomic E-state index is -0.934. The number of carbonyl (C=O) groups excluding carboxylic acids is 1. The van der Waals surface area contributed by atoms with Crippen LogP contribution in [0.2, 0.25) is 0 Å². The zero-order valence-electron chi connectivity index (χ0n) is 13.1. The summed E-state index contributed by atoms with van der Waals surface area (Å²) < 4.78 is 0. The zero-order valence-corrected chi connectivity index (χ0v) is 13.1. The van der Waals surface area contributed by atoms with E-state index in [4.69, 9.17) is 5.11 Å². The van der Waals surface area contributed by atoms with Gasteiger partial charge in [0.05, 0.1) is 0 Å². The number of hydrogen-bond donors (Lipinski definition) is 2. The van der Waals surface area contributed by atoms with Crippen LogP contribution in [0.1, 0.15) is 84.5 Å². The predicted octanol–water partition coefficient (Wildman–Crippen LogP) is 3.89. The highest BCUT2D eigenvalue weighted by Crippen LogP contribution is 2.12. The van der Waals surface area contributed by atoms with Crippen molar-refractivity contribution in [2.75, 3.05) is 0 Å². The number of carbonyl (C=O) groups is 2. The molecule has 0 aromatic carbocycles. The molecule has 4 heteroatoms. The van der Waals surface area contributed by atoms with Crippen molar-refractivity contribution in [1.82, 2.24) is 5.32 Å². The molecule has 0 saturated carbocycles. The molecule has 2 N–H and O–H groups in total. The Hall–Kier alpha value is -1.06. The van der Waals surface area contributed by atoms with Crippen LogP contribution in [0.25, 0.3) is 0 Å². The van der Waals surface area contributed by atoms with Gasteiger partial charge in [0.15, 0.2) is 0 Å². The summed E-state index contributed by atoms with van der Waals surface area (Å²) in [7, 11) is 0. The molecule has 1 amide bonds. The first-order valence-electron chi connectivity index (χ1n) is 8.07. The van der Waals surface area contributed by atoms with Crippen LogP contribution in [-0.2, 0) is 9.59 Å². The van der Waals surface area contributed by atoms with Gasteiger partial charge >= 0.3 is 5.97 Å². The van der Waals surface area contributed by atoms with Gasteiger partial charge in [-0.3, -0.25) is 4.79 Å². The third kappa shape index (κ3) is 12.0. The molecule has 0 rings (SSSR count). The van der Waals surface area contributed by atoms with Crippen LogP contribution in [0.5, 0.6) is 0 Å². The van der Waals surface area contributed by atoms with Gasteiger partial charge in [0.2, 0.25) is 5.91 Å². The molecule has 118 valence electrons. The van der Waals surface area contributed by atoms with Crippen molar-refractivity contribution >= 4 is 11.9 Å². The van der Waals surface area contributed by atoms with Crippen molar-refractivity contribution in [2.24, 2.45) is 0 Å². The molecule has 0 aromatic heterocycles. The fourth-order valence-corrected chi connectivity index (χ4v) is 2.34. The van der Waals surface area contributed by atoms with Crippen LogP contribution in [0.15, 0.2) is 0 Å². The highest BCUT2D eigenvalue weighted by atomic mass is 16.4. The van der Waals surface area contributed by atoms with Gasteiger partial charge in [-0.25, -0.2) is 4.79 Å². The third-order valence-electron chi connectivity index (χ3n) is 3.52. The second-order valence-electron chi connectivity index (χ2n) is 5.56. The molecule has 0 bridgehead atoms. The normalized spacial score (nSPS) is 12.1. The monoisotopic (exact) mass is 285 g/mol. The average Bonchev–Trinajstić information content (AvgIpc) is 2.39. The maximum Gasteiger partial charge on any atom is 0.326 e. The molecule has 0 saturated heterocycles. The van der Waals surface area contributed by atoms with E-state index >= 15 is 0 Å². The summed E-state index contributed by atoms with van der Waals surface area (Å²) in [6.45, 7) is 3.58. The number of carboxylic acid groups (broad SMARTS) is 1. The van der Waals surface area contributed by atoms with Crippen LogP contribution >= 0.6 is 0 Å². The van der Waals surface area contributed by atoms with Gasteiger partial charge in [-0.2, -0.15) is 0 Å². The highest BCUT2D eigenvalue weighted by molar-refractivity contribution is 5.81. The van der Waals surface area contributed by atoms with Crippen LogP contribution in [0.3, 0.4) is 0 Å². The Labute approximate surface area is 123 Å². The van der Waals surface area contributed by atoms with Gasteiger partial charge in [-0.1, -0.05) is 71.1 Å². The predicted molar refractivity (Wildman–Crippen MR) is 81.7 cm³/mol. The first kappa shape index (κ1) is 18.9. The summed E-state index contributed by atoms with van der Waals surface area (Å²) in [5.41, 5.74) is 0. The van der Waals surface area contributed by atoms with Crippen molar-refractivity contribution < 1.29 is 14.7 Å². The van der Waals surface area contributed by atoms with Crippen molar-refractivity contribution in [3.63, 3.8) is 0 Å². The number of hydrogen-bond acceptors (Lipinski definition) is 2. The largest absolute Gasteiger partial charge is 0.480 e. The quantitative estimate of drug-likeness (QED) is 0.505. The summed E-state index contributed by atoms with van der Waals surface area (Å²) in [4.78, 5) is 21.8. The lowest BCUT2D eigenvalue weighted by Gasteiger charge is -2.12. The highest BCUT2D eigenvalue weighted by Gasteiger charge is 2.17. The summed E-state index contributed by atoms with van der Waals surface area (Å²) in [5, 5.41) is 11.4. The van der Waals surface area contributed by atoms with E-state index in [2.05, 4.69) is 12.2 Å². The van der Waals surface area contributed by atoms with Gasteiger partial charge < -0.3 is 10.4 Å². The Morgan fingerprint density at radius 2 is 1.35 bits per heavy atom. The second-order valence-corrected chi connectivity index (χ2v) is 5.56. The van der Waals surface area contributed by atoms with Crippen LogP contribution < -0.4 is 5.32 Å². The number of carboxylic acids is 1. The molecule has 20 heavy (non-hydrogen) atoms. The summed E-state index contributed by atoms with van der Waals surface area (Å²) in [6, 6.07) is -0.721. The Kier molecular flexibility index (Phi) is 12.3. The van der Waals surface area contributed by atoms with E-state index in [0.29, 0.717) is 6.42 Å². The summed E-state index contributed by atoms with van der Waals surface area (Å²) in [5.74, 6) is -1.21. The molecule has 0 heterocycles. The lowest BCUT2D eigenvalue weighted by Crippen LogP contribution is -2.39. The molecular weight excluding hydrogens is 254 g/mol. The maximum absolute atomic E-state index is 10.9. The molecule has 4 nitrogen and oxygen atoms in total. The van der Waals surface area contributed by atoms with Crippen molar-refractivity contribution in [1.29, 1.82) is 0 Å². The number of nitrogens with one attached hydrogen (secondary N) is 1. The van der Waals surface area contributed by atoms with Crippen LogP contribution in [-0.4, -0.2) is 23.0 Å². The van der Waals surface area contributed by atoms with Gasteiger partial charge in [0.1, 0.15) is 6.04 Å².